The monoisotopic (exact) mass is 294 g/mol. The lowest BCUT2D eigenvalue weighted by Crippen LogP contribution is -2.27. The zero-order valence-electron chi connectivity index (χ0n) is 11.0. The van der Waals surface area contributed by atoms with Crippen LogP contribution in [-0.4, -0.2) is 12.5 Å². The van der Waals surface area contributed by atoms with E-state index in [2.05, 4.69) is 10.6 Å². The van der Waals surface area contributed by atoms with Crippen molar-refractivity contribution in [3.63, 3.8) is 0 Å². The molecule has 6 heteroatoms. The Morgan fingerprint density at radius 1 is 1.00 bits per heavy atom. The molecule has 0 heterocycles. The highest BCUT2D eigenvalue weighted by molar-refractivity contribution is 5.92. The van der Waals surface area contributed by atoms with Crippen molar-refractivity contribution in [1.82, 2.24) is 5.32 Å². The number of rotatable bonds is 5. The third kappa shape index (κ3) is 4.61. The van der Waals surface area contributed by atoms with Crippen molar-refractivity contribution in [2.24, 2.45) is 0 Å². The second kappa shape index (κ2) is 6.90. The van der Waals surface area contributed by atoms with E-state index in [1.807, 2.05) is 0 Å². The molecule has 0 aliphatic rings. The summed E-state index contributed by atoms with van der Waals surface area (Å²) in [5.74, 6) is -2.65. The maximum absolute atomic E-state index is 13.0. The van der Waals surface area contributed by atoms with Gasteiger partial charge in [-0.25, -0.2) is 13.2 Å². The third-order valence-electron chi connectivity index (χ3n) is 2.71. The molecule has 21 heavy (non-hydrogen) atoms. The first-order chi connectivity index (χ1) is 10.0. The molecule has 0 aromatic heterocycles. The van der Waals surface area contributed by atoms with Crippen molar-refractivity contribution in [2.75, 3.05) is 11.9 Å². The van der Waals surface area contributed by atoms with Gasteiger partial charge in [-0.3, -0.25) is 4.79 Å². The van der Waals surface area contributed by atoms with Crippen molar-refractivity contribution in [3.8, 4) is 0 Å². The second-order valence-electron chi connectivity index (χ2n) is 4.41. The van der Waals surface area contributed by atoms with E-state index >= 15 is 0 Å². The number of carbonyl (C=O) groups is 1. The Morgan fingerprint density at radius 2 is 1.81 bits per heavy atom. The molecule has 2 aromatic rings. The minimum Gasteiger partial charge on any atom is -0.325 e. The van der Waals surface area contributed by atoms with Gasteiger partial charge in [0, 0.05) is 12.2 Å². The van der Waals surface area contributed by atoms with Crippen LogP contribution >= 0.6 is 0 Å². The van der Waals surface area contributed by atoms with E-state index in [0.717, 1.165) is 12.1 Å². The average Bonchev–Trinajstić information content (AvgIpc) is 2.43. The summed E-state index contributed by atoms with van der Waals surface area (Å²) in [6.07, 6.45) is 0. The molecule has 2 aromatic carbocycles. The van der Waals surface area contributed by atoms with Crippen LogP contribution in [0.1, 0.15) is 5.56 Å². The Labute approximate surface area is 119 Å². The first-order valence-corrected chi connectivity index (χ1v) is 6.24. The summed E-state index contributed by atoms with van der Waals surface area (Å²) < 4.78 is 38.6. The number of amides is 1. The number of hydrogen-bond acceptors (Lipinski definition) is 2. The number of nitrogens with one attached hydrogen (secondary N) is 2. The maximum atomic E-state index is 13.0. The predicted octanol–water partition coefficient (Wildman–Crippen LogP) is 2.83. The summed E-state index contributed by atoms with van der Waals surface area (Å²) in [5, 5.41) is 5.30. The van der Waals surface area contributed by atoms with Crippen molar-refractivity contribution >= 4 is 11.6 Å². The van der Waals surface area contributed by atoms with Gasteiger partial charge in [-0.15, -0.1) is 0 Å². The van der Waals surface area contributed by atoms with E-state index in [0.29, 0.717) is 11.3 Å². The van der Waals surface area contributed by atoms with Gasteiger partial charge in [0.25, 0.3) is 0 Å². The van der Waals surface area contributed by atoms with Crippen LogP contribution < -0.4 is 10.6 Å². The lowest BCUT2D eigenvalue weighted by atomic mass is 10.2. The fourth-order valence-electron chi connectivity index (χ4n) is 1.74. The van der Waals surface area contributed by atoms with Gasteiger partial charge in [0.1, 0.15) is 5.82 Å². The van der Waals surface area contributed by atoms with Crippen LogP contribution in [0.15, 0.2) is 42.5 Å². The number of hydrogen-bond donors (Lipinski definition) is 2. The largest absolute Gasteiger partial charge is 0.325 e. The quantitative estimate of drug-likeness (QED) is 0.890. The molecule has 2 N–H and O–H groups in total. The fraction of sp³-hybridized carbons (Fsp3) is 0.133. The second-order valence-corrected chi connectivity index (χ2v) is 4.41. The molecule has 0 bridgehead atoms. The highest BCUT2D eigenvalue weighted by atomic mass is 19.2. The van der Waals surface area contributed by atoms with E-state index in [1.165, 1.54) is 24.3 Å². The van der Waals surface area contributed by atoms with Gasteiger partial charge in [-0.1, -0.05) is 12.1 Å². The van der Waals surface area contributed by atoms with Gasteiger partial charge < -0.3 is 10.6 Å². The van der Waals surface area contributed by atoms with Crippen LogP contribution in [0.4, 0.5) is 18.9 Å². The number of halogens is 3. The van der Waals surface area contributed by atoms with Crippen LogP contribution in [0.5, 0.6) is 0 Å². The molecule has 1 amide bonds. The van der Waals surface area contributed by atoms with Crippen molar-refractivity contribution in [2.45, 2.75) is 6.54 Å². The Morgan fingerprint density at radius 3 is 2.52 bits per heavy atom. The van der Waals surface area contributed by atoms with Gasteiger partial charge in [0.15, 0.2) is 11.6 Å². The average molecular weight is 294 g/mol. The Bertz CT molecular complexity index is 647. The van der Waals surface area contributed by atoms with Gasteiger partial charge in [0.2, 0.25) is 5.91 Å². The first kappa shape index (κ1) is 15.1. The Hall–Kier alpha value is -2.34. The summed E-state index contributed by atoms with van der Waals surface area (Å²) in [7, 11) is 0. The standard InChI is InChI=1S/C15H13F3N2O/c16-11-2-1-3-12(7-11)20-15(21)9-19-8-10-4-5-13(17)14(18)6-10/h1-7,19H,8-9H2,(H,20,21). The van der Waals surface area contributed by atoms with E-state index < -0.39 is 17.5 Å². The maximum Gasteiger partial charge on any atom is 0.238 e. The zero-order valence-corrected chi connectivity index (χ0v) is 11.0. The molecule has 0 spiro atoms. The summed E-state index contributed by atoms with van der Waals surface area (Å²) in [6, 6.07) is 9.04. The van der Waals surface area contributed by atoms with Crippen LogP contribution in [0.25, 0.3) is 0 Å². The van der Waals surface area contributed by atoms with Crippen LogP contribution in [0, 0.1) is 17.5 Å². The Balaban J connectivity index is 1.80. The lowest BCUT2D eigenvalue weighted by Gasteiger charge is -2.07. The number of benzene rings is 2. The van der Waals surface area contributed by atoms with Gasteiger partial charge >= 0.3 is 0 Å². The predicted molar refractivity (Wildman–Crippen MR) is 73.1 cm³/mol. The molecule has 0 aliphatic carbocycles. The molecule has 0 radical (unpaired) electrons. The fourth-order valence-corrected chi connectivity index (χ4v) is 1.74. The molecule has 0 saturated carbocycles. The van der Waals surface area contributed by atoms with Crippen molar-refractivity contribution in [3.05, 3.63) is 65.5 Å². The van der Waals surface area contributed by atoms with Gasteiger partial charge in [0.05, 0.1) is 6.54 Å². The van der Waals surface area contributed by atoms with Crippen molar-refractivity contribution < 1.29 is 18.0 Å². The summed E-state index contributed by atoms with van der Waals surface area (Å²) >= 11 is 0. The minimum atomic E-state index is -0.932. The molecule has 0 fully saturated rings. The van der Waals surface area contributed by atoms with E-state index in [1.54, 1.807) is 6.07 Å². The highest BCUT2D eigenvalue weighted by Gasteiger charge is 2.05. The molecule has 0 aliphatic heterocycles. The molecule has 110 valence electrons. The molecule has 2 rings (SSSR count). The summed E-state index contributed by atoms with van der Waals surface area (Å²) in [5.41, 5.74) is 0.877. The smallest absolute Gasteiger partial charge is 0.238 e. The Kier molecular flexibility index (Phi) is 4.94. The third-order valence-corrected chi connectivity index (χ3v) is 2.71. The lowest BCUT2D eigenvalue weighted by molar-refractivity contribution is -0.115. The van der Waals surface area contributed by atoms with Crippen LogP contribution in [0.2, 0.25) is 0 Å². The molecule has 0 unspecified atom stereocenters. The first-order valence-electron chi connectivity index (χ1n) is 6.24. The molecule has 0 saturated heterocycles. The molecular formula is C15H13F3N2O. The summed E-state index contributed by atoms with van der Waals surface area (Å²) in [4.78, 5) is 11.6. The van der Waals surface area contributed by atoms with E-state index in [9.17, 15) is 18.0 Å². The van der Waals surface area contributed by atoms with E-state index in [-0.39, 0.29) is 19.0 Å². The zero-order chi connectivity index (χ0) is 15.2. The van der Waals surface area contributed by atoms with Gasteiger partial charge in [-0.05, 0) is 35.9 Å². The van der Waals surface area contributed by atoms with Crippen LogP contribution in [-0.2, 0) is 11.3 Å². The van der Waals surface area contributed by atoms with Crippen LogP contribution in [0.3, 0.4) is 0 Å². The number of anilines is 1. The van der Waals surface area contributed by atoms with E-state index in [4.69, 9.17) is 0 Å². The van der Waals surface area contributed by atoms with Gasteiger partial charge in [-0.2, -0.15) is 0 Å². The molecule has 0 atom stereocenters. The topological polar surface area (TPSA) is 41.1 Å². The SMILES string of the molecule is O=C(CNCc1ccc(F)c(F)c1)Nc1cccc(F)c1. The molecular weight excluding hydrogens is 281 g/mol. The normalized spacial score (nSPS) is 10.4. The summed E-state index contributed by atoms with van der Waals surface area (Å²) in [6.45, 7) is 0.184. The van der Waals surface area contributed by atoms with Crippen molar-refractivity contribution in [1.29, 1.82) is 0 Å². The molecule has 3 nitrogen and oxygen atoms in total. The highest BCUT2D eigenvalue weighted by Crippen LogP contribution is 2.09. The minimum absolute atomic E-state index is 0.0322. The number of carbonyl (C=O) groups excluding carboxylic acids is 1.